The molecule has 0 saturated carbocycles. The van der Waals surface area contributed by atoms with E-state index < -0.39 is 5.38 Å². The molecule has 1 aliphatic rings. The molecule has 1 saturated heterocycles. The number of hydrogen-bond donors (Lipinski definition) is 0. The van der Waals surface area contributed by atoms with Crippen molar-refractivity contribution >= 4 is 17.5 Å². The zero-order valence-electron chi connectivity index (χ0n) is 11.9. The number of carbonyl (C=O) groups excluding carboxylic acids is 1. The molecule has 5 heteroatoms. The van der Waals surface area contributed by atoms with Crippen LogP contribution in [0.5, 0.6) is 0 Å². The molecule has 0 bridgehead atoms. The lowest BCUT2D eigenvalue weighted by molar-refractivity contribution is -0.131. The highest BCUT2D eigenvalue weighted by Crippen LogP contribution is 2.21. The predicted octanol–water partition coefficient (Wildman–Crippen LogP) is 2.37. The van der Waals surface area contributed by atoms with Crippen molar-refractivity contribution in [1.82, 2.24) is 14.7 Å². The van der Waals surface area contributed by atoms with Crippen LogP contribution in [0.3, 0.4) is 0 Å². The van der Waals surface area contributed by atoms with Crippen LogP contribution in [-0.4, -0.2) is 39.1 Å². The molecule has 1 aromatic rings. The summed E-state index contributed by atoms with van der Waals surface area (Å²) in [5.41, 5.74) is 2.28. The van der Waals surface area contributed by atoms with Crippen LogP contribution in [0, 0.1) is 19.8 Å². The number of aryl methyl sites for hydroxylation is 2. The molecule has 0 radical (unpaired) electrons. The molecule has 1 unspecified atom stereocenters. The van der Waals surface area contributed by atoms with E-state index in [2.05, 4.69) is 22.8 Å². The Morgan fingerprint density at radius 1 is 1.47 bits per heavy atom. The van der Waals surface area contributed by atoms with Crippen LogP contribution >= 0.6 is 11.6 Å². The van der Waals surface area contributed by atoms with Crippen molar-refractivity contribution in [1.29, 1.82) is 0 Å². The van der Waals surface area contributed by atoms with Gasteiger partial charge in [0.15, 0.2) is 0 Å². The van der Waals surface area contributed by atoms with E-state index in [1.165, 1.54) is 5.69 Å². The number of carbonyl (C=O) groups is 1. The third-order valence-electron chi connectivity index (χ3n) is 3.80. The Morgan fingerprint density at radius 2 is 2.11 bits per heavy atom. The molecule has 2 rings (SSSR count). The van der Waals surface area contributed by atoms with E-state index in [4.69, 9.17) is 11.6 Å². The summed E-state index contributed by atoms with van der Waals surface area (Å²) in [6.45, 7) is 8.45. The Kier molecular flexibility index (Phi) is 4.50. The molecule has 1 atom stereocenters. The average molecular weight is 284 g/mol. The lowest BCUT2D eigenvalue weighted by Gasteiger charge is -2.32. The summed E-state index contributed by atoms with van der Waals surface area (Å²) in [6.07, 6.45) is 2.07. The van der Waals surface area contributed by atoms with Crippen LogP contribution in [-0.2, 0) is 11.3 Å². The van der Waals surface area contributed by atoms with E-state index in [1.54, 1.807) is 6.92 Å². The van der Waals surface area contributed by atoms with Gasteiger partial charge >= 0.3 is 0 Å². The van der Waals surface area contributed by atoms with Crippen LogP contribution in [0.2, 0.25) is 0 Å². The van der Waals surface area contributed by atoms with Crippen molar-refractivity contribution in [2.24, 2.45) is 5.92 Å². The molecule has 4 nitrogen and oxygen atoms in total. The molecule has 19 heavy (non-hydrogen) atoms. The number of rotatable bonds is 3. The molecule has 0 aliphatic carbocycles. The molecular weight excluding hydrogens is 262 g/mol. The summed E-state index contributed by atoms with van der Waals surface area (Å²) < 4.78 is 2.08. The second-order valence-electron chi connectivity index (χ2n) is 5.49. The summed E-state index contributed by atoms with van der Waals surface area (Å²) in [5.74, 6) is 0.666. The summed E-state index contributed by atoms with van der Waals surface area (Å²) in [5, 5.41) is 4.09. The fourth-order valence-corrected chi connectivity index (χ4v) is 2.83. The number of hydrogen-bond acceptors (Lipinski definition) is 2. The predicted molar refractivity (Wildman–Crippen MR) is 76.3 cm³/mol. The maximum absolute atomic E-state index is 11.8. The normalized spacial score (nSPS) is 18.6. The number of nitrogens with zero attached hydrogens (tertiary/aromatic N) is 3. The Balaban J connectivity index is 1.87. The van der Waals surface area contributed by atoms with Gasteiger partial charge in [0.05, 0.1) is 5.69 Å². The summed E-state index contributed by atoms with van der Waals surface area (Å²) >= 11 is 5.85. The first-order valence-corrected chi connectivity index (χ1v) is 7.35. The van der Waals surface area contributed by atoms with Gasteiger partial charge in [0, 0.05) is 25.3 Å². The first-order chi connectivity index (χ1) is 8.97. The zero-order chi connectivity index (χ0) is 14.0. The minimum Gasteiger partial charge on any atom is -0.341 e. The summed E-state index contributed by atoms with van der Waals surface area (Å²) in [4.78, 5) is 13.7. The second kappa shape index (κ2) is 5.95. The number of halogens is 1. The Hall–Kier alpha value is -1.03. The van der Waals surface area contributed by atoms with Gasteiger partial charge in [-0.25, -0.2) is 0 Å². The van der Waals surface area contributed by atoms with Crippen molar-refractivity contribution in [3.8, 4) is 0 Å². The first-order valence-electron chi connectivity index (χ1n) is 6.91. The molecule has 0 N–H and O–H groups in total. The Labute approximate surface area is 119 Å². The van der Waals surface area contributed by atoms with Gasteiger partial charge in [-0.3, -0.25) is 9.48 Å². The van der Waals surface area contributed by atoms with Gasteiger partial charge < -0.3 is 4.90 Å². The number of alkyl halides is 1. The first kappa shape index (κ1) is 14.4. The topological polar surface area (TPSA) is 38.1 Å². The van der Waals surface area contributed by atoms with Crippen molar-refractivity contribution in [2.75, 3.05) is 13.1 Å². The lowest BCUT2D eigenvalue weighted by Crippen LogP contribution is -2.42. The number of piperidine rings is 1. The molecule has 0 aromatic carbocycles. The molecule has 106 valence electrons. The lowest BCUT2D eigenvalue weighted by atomic mass is 9.96. The number of likely N-dealkylation sites (tertiary alicyclic amines) is 1. The molecule has 1 aliphatic heterocycles. The summed E-state index contributed by atoms with van der Waals surface area (Å²) in [7, 11) is 0. The number of amides is 1. The smallest absolute Gasteiger partial charge is 0.240 e. The van der Waals surface area contributed by atoms with Crippen LogP contribution in [0.4, 0.5) is 0 Å². The molecule has 1 aromatic heterocycles. The highest BCUT2D eigenvalue weighted by molar-refractivity contribution is 6.30. The molecular formula is C14H22ClN3O. The minimum absolute atomic E-state index is 0.0613. The largest absolute Gasteiger partial charge is 0.341 e. The fraction of sp³-hybridized carbons (Fsp3) is 0.714. The zero-order valence-corrected chi connectivity index (χ0v) is 12.7. The maximum atomic E-state index is 11.8. The third-order valence-corrected chi connectivity index (χ3v) is 3.99. The van der Waals surface area contributed by atoms with Crippen molar-refractivity contribution in [2.45, 2.75) is 45.5 Å². The fourth-order valence-electron chi connectivity index (χ4n) is 2.69. The van der Waals surface area contributed by atoms with Gasteiger partial charge in [-0.2, -0.15) is 5.10 Å². The highest BCUT2D eigenvalue weighted by atomic mass is 35.5. The van der Waals surface area contributed by atoms with Gasteiger partial charge in [-0.15, -0.1) is 11.6 Å². The molecule has 1 fully saturated rings. The highest BCUT2D eigenvalue weighted by Gasteiger charge is 2.25. The molecule has 0 spiro atoms. The van der Waals surface area contributed by atoms with E-state index in [1.807, 2.05) is 11.8 Å². The second-order valence-corrected chi connectivity index (χ2v) is 6.15. The molecule has 2 heterocycles. The Morgan fingerprint density at radius 3 is 2.58 bits per heavy atom. The van der Waals surface area contributed by atoms with Gasteiger partial charge in [-0.1, -0.05) is 0 Å². The quantitative estimate of drug-likeness (QED) is 0.799. The Bertz CT molecular complexity index is 448. The van der Waals surface area contributed by atoms with Gasteiger partial charge in [0.25, 0.3) is 0 Å². The molecule has 1 amide bonds. The average Bonchev–Trinajstić information content (AvgIpc) is 2.68. The monoisotopic (exact) mass is 283 g/mol. The van der Waals surface area contributed by atoms with Crippen molar-refractivity contribution in [3.05, 3.63) is 17.5 Å². The summed E-state index contributed by atoms with van der Waals surface area (Å²) in [6, 6.07) is 2.10. The maximum Gasteiger partial charge on any atom is 0.240 e. The van der Waals surface area contributed by atoms with E-state index in [9.17, 15) is 4.79 Å². The number of aromatic nitrogens is 2. The van der Waals surface area contributed by atoms with Crippen molar-refractivity contribution < 1.29 is 4.79 Å². The standard InChI is InChI=1S/C14H22ClN3O/c1-10-8-11(2)18(16-10)9-13-4-6-17(7-5-13)14(19)12(3)15/h8,12-13H,4-7,9H2,1-3H3. The van der Waals surface area contributed by atoms with E-state index in [0.717, 1.165) is 38.2 Å². The third kappa shape index (κ3) is 3.50. The van der Waals surface area contributed by atoms with Crippen LogP contribution in [0.15, 0.2) is 6.07 Å². The minimum atomic E-state index is -0.410. The van der Waals surface area contributed by atoms with Gasteiger partial charge in [0.1, 0.15) is 5.38 Å². The SMILES string of the molecule is Cc1cc(C)n(CC2CCN(C(=O)C(C)Cl)CC2)n1. The van der Waals surface area contributed by atoms with Crippen molar-refractivity contribution in [3.63, 3.8) is 0 Å². The van der Waals surface area contributed by atoms with E-state index in [-0.39, 0.29) is 5.91 Å². The van der Waals surface area contributed by atoms with Gasteiger partial charge in [0.2, 0.25) is 5.91 Å². The van der Waals surface area contributed by atoms with Crippen LogP contribution < -0.4 is 0 Å². The van der Waals surface area contributed by atoms with Crippen LogP contribution in [0.1, 0.15) is 31.2 Å². The van der Waals surface area contributed by atoms with Crippen LogP contribution in [0.25, 0.3) is 0 Å². The van der Waals surface area contributed by atoms with E-state index in [0.29, 0.717) is 5.92 Å². The van der Waals surface area contributed by atoms with E-state index >= 15 is 0 Å². The van der Waals surface area contributed by atoms with Gasteiger partial charge in [-0.05, 0) is 45.6 Å².